The molecule has 0 saturated carbocycles. The fourth-order valence-electron chi connectivity index (χ4n) is 2.58. The van der Waals surface area contributed by atoms with Crippen LogP contribution in [0.3, 0.4) is 0 Å². The maximum absolute atomic E-state index is 11.6. The lowest BCUT2D eigenvalue weighted by Crippen LogP contribution is -2.22. The van der Waals surface area contributed by atoms with Crippen molar-refractivity contribution in [3.8, 4) is 5.69 Å². The van der Waals surface area contributed by atoms with Gasteiger partial charge in [0.2, 0.25) is 0 Å². The van der Waals surface area contributed by atoms with Gasteiger partial charge in [-0.2, -0.15) is 0 Å². The molecule has 6 heteroatoms. The van der Waals surface area contributed by atoms with Gasteiger partial charge in [0, 0.05) is 20.6 Å². The predicted molar refractivity (Wildman–Crippen MR) is 92.6 cm³/mol. The molecule has 2 N–H and O–H groups in total. The lowest BCUT2D eigenvalue weighted by molar-refractivity contribution is -0.115. The Labute approximate surface area is 141 Å². The van der Waals surface area contributed by atoms with E-state index in [1.807, 2.05) is 38.1 Å². The molecular formula is C16H14IN3O2. The number of rotatable bonds is 2. The summed E-state index contributed by atoms with van der Waals surface area (Å²) in [6.07, 6.45) is 1.70. The quantitative estimate of drug-likeness (QED) is 0.457. The summed E-state index contributed by atoms with van der Waals surface area (Å²) in [5.41, 5.74) is 4.33. The number of carbonyl (C=O) groups excluding carboxylic acids is 2. The number of benzene rings is 1. The Morgan fingerprint density at radius 1 is 1.14 bits per heavy atom. The summed E-state index contributed by atoms with van der Waals surface area (Å²) in [6.45, 7) is 4.01. The first-order chi connectivity index (χ1) is 10.5. The number of hydrogen-bond donors (Lipinski definition) is 2. The van der Waals surface area contributed by atoms with E-state index in [4.69, 9.17) is 0 Å². The van der Waals surface area contributed by atoms with Crippen molar-refractivity contribution in [2.75, 3.05) is 0 Å². The molecule has 22 heavy (non-hydrogen) atoms. The maximum atomic E-state index is 11.6. The van der Waals surface area contributed by atoms with Crippen LogP contribution in [0.5, 0.6) is 0 Å². The van der Waals surface area contributed by atoms with E-state index in [9.17, 15) is 9.59 Å². The zero-order chi connectivity index (χ0) is 15.9. The van der Waals surface area contributed by atoms with Crippen LogP contribution in [0.1, 0.15) is 17.0 Å². The van der Waals surface area contributed by atoms with Crippen molar-refractivity contribution in [1.29, 1.82) is 0 Å². The number of halogens is 1. The summed E-state index contributed by atoms with van der Waals surface area (Å²) in [5.74, 6) is -0.399. The molecule has 1 aromatic heterocycles. The number of urea groups is 1. The molecule has 1 aliphatic heterocycles. The number of aromatic nitrogens is 1. The molecule has 0 aliphatic carbocycles. The van der Waals surface area contributed by atoms with Crippen LogP contribution in [-0.4, -0.2) is 16.5 Å². The van der Waals surface area contributed by atoms with Gasteiger partial charge in [-0.05, 0) is 72.3 Å². The highest BCUT2D eigenvalue weighted by Crippen LogP contribution is 2.23. The molecule has 0 unspecified atom stereocenters. The van der Waals surface area contributed by atoms with Gasteiger partial charge in [-0.15, -0.1) is 0 Å². The lowest BCUT2D eigenvalue weighted by Gasteiger charge is -2.10. The van der Waals surface area contributed by atoms with E-state index < -0.39 is 11.9 Å². The van der Waals surface area contributed by atoms with Gasteiger partial charge in [0.25, 0.3) is 5.91 Å². The molecule has 112 valence electrons. The van der Waals surface area contributed by atoms with E-state index in [1.165, 1.54) is 0 Å². The Morgan fingerprint density at radius 3 is 2.55 bits per heavy atom. The molecular weight excluding hydrogens is 393 g/mol. The molecule has 1 fully saturated rings. The number of aryl methyl sites for hydroxylation is 1. The van der Waals surface area contributed by atoms with E-state index in [-0.39, 0.29) is 5.70 Å². The van der Waals surface area contributed by atoms with Gasteiger partial charge in [-0.1, -0.05) is 6.07 Å². The average Bonchev–Trinajstić information content (AvgIpc) is 2.90. The van der Waals surface area contributed by atoms with Crippen LogP contribution >= 0.6 is 22.6 Å². The topological polar surface area (TPSA) is 63.1 Å². The summed E-state index contributed by atoms with van der Waals surface area (Å²) in [7, 11) is 0. The zero-order valence-electron chi connectivity index (χ0n) is 12.1. The number of amides is 3. The van der Waals surface area contributed by atoms with Crippen molar-refractivity contribution in [2.24, 2.45) is 0 Å². The maximum Gasteiger partial charge on any atom is 0.326 e. The van der Waals surface area contributed by atoms with Gasteiger partial charge >= 0.3 is 6.03 Å². The molecule has 3 rings (SSSR count). The van der Waals surface area contributed by atoms with Crippen molar-refractivity contribution in [3.63, 3.8) is 0 Å². The number of nitrogens with one attached hydrogen (secondary N) is 2. The second-order valence-electron chi connectivity index (χ2n) is 5.11. The fraction of sp³-hybridized carbons (Fsp3) is 0.125. The fourth-order valence-corrected chi connectivity index (χ4v) is 3.11. The Kier molecular flexibility index (Phi) is 3.78. The van der Waals surface area contributed by atoms with E-state index in [0.717, 1.165) is 26.2 Å². The first kappa shape index (κ1) is 14.8. The van der Waals surface area contributed by atoms with Crippen molar-refractivity contribution < 1.29 is 9.59 Å². The van der Waals surface area contributed by atoms with E-state index in [1.54, 1.807) is 6.08 Å². The second kappa shape index (κ2) is 5.60. The Bertz CT molecular complexity index is 821. The van der Waals surface area contributed by atoms with Gasteiger partial charge in [0.1, 0.15) is 5.70 Å². The Hall–Kier alpha value is -2.09. The molecule has 3 amide bonds. The highest BCUT2D eigenvalue weighted by Gasteiger charge is 2.23. The first-order valence-corrected chi connectivity index (χ1v) is 7.82. The van der Waals surface area contributed by atoms with Crippen LogP contribution in [0.2, 0.25) is 0 Å². The molecule has 1 aromatic carbocycles. The third kappa shape index (κ3) is 2.66. The largest absolute Gasteiger partial charge is 0.326 e. The molecule has 0 spiro atoms. The van der Waals surface area contributed by atoms with Crippen molar-refractivity contribution in [2.45, 2.75) is 13.8 Å². The van der Waals surface area contributed by atoms with Crippen LogP contribution in [0, 0.1) is 17.4 Å². The molecule has 1 aliphatic rings. The molecule has 1 saturated heterocycles. The molecule has 5 nitrogen and oxygen atoms in total. The van der Waals surface area contributed by atoms with Crippen LogP contribution < -0.4 is 10.6 Å². The summed E-state index contributed by atoms with van der Waals surface area (Å²) < 4.78 is 3.29. The number of imide groups is 1. The minimum Gasteiger partial charge on any atom is -0.318 e. The van der Waals surface area contributed by atoms with Crippen LogP contribution in [0.25, 0.3) is 11.8 Å². The molecule has 2 heterocycles. The minimum absolute atomic E-state index is 0.271. The predicted octanol–water partition coefficient (Wildman–Crippen LogP) is 2.88. The highest BCUT2D eigenvalue weighted by molar-refractivity contribution is 14.1. The van der Waals surface area contributed by atoms with E-state index in [2.05, 4.69) is 43.9 Å². The normalized spacial score (nSPS) is 16.0. The van der Waals surface area contributed by atoms with Crippen molar-refractivity contribution in [3.05, 3.63) is 56.6 Å². The monoisotopic (exact) mass is 407 g/mol. The van der Waals surface area contributed by atoms with Gasteiger partial charge < -0.3 is 9.88 Å². The summed E-state index contributed by atoms with van der Waals surface area (Å²) in [6, 6.07) is 9.71. The number of carbonyl (C=O) groups is 2. The van der Waals surface area contributed by atoms with Crippen LogP contribution in [0.15, 0.2) is 36.0 Å². The summed E-state index contributed by atoms with van der Waals surface area (Å²) in [5, 5.41) is 4.71. The van der Waals surface area contributed by atoms with E-state index in [0.29, 0.717) is 0 Å². The zero-order valence-corrected chi connectivity index (χ0v) is 14.3. The molecule has 2 aromatic rings. The van der Waals surface area contributed by atoms with Crippen LogP contribution in [-0.2, 0) is 4.79 Å². The Balaban J connectivity index is 2.06. The standard InChI is InChI=1S/C16H14IN3O2/c1-9-6-11(7-14-15(21)19-16(22)18-14)10(2)20(9)13-5-3-4-12(17)8-13/h3-8H,1-2H3,(H2,18,19,21,22)/b14-7+. The Morgan fingerprint density at radius 2 is 1.91 bits per heavy atom. The first-order valence-electron chi connectivity index (χ1n) is 6.74. The van der Waals surface area contributed by atoms with Gasteiger partial charge in [-0.3, -0.25) is 10.1 Å². The number of nitrogens with zero attached hydrogens (tertiary/aromatic N) is 1. The van der Waals surface area contributed by atoms with Crippen LogP contribution in [0.4, 0.5) is 4.79 Å². The van der Waals surface area contributed by atoms with E-state index >= 15 is 0 Å². The average molecular weight is 407 g/mol. The second-order valence-corrected chi connectivity index (χ2v) is 6.35. The van der Waals surface area contributed by atoms with Gasteiger partial charge in [0.15, 0.2) is 0 Å². The van der Waals surface area contributed by atoms with Crippen molar-refractivity contribution in [1.82, 2.24) is 15.2 Å². The highest BCUT2D eigenvalue weighted by atomic mass is 127. The van der Waals surface area contributed by atoms with Crippen molar-refractivity contribution >= 4 is 40.6 Å². The molecule has 0 radical (unpaired) electrons. The SMILES string of the molecule is Cc1cc(/C=C2/NC(=O)NC2=O)c(C)n1-c1cccc(I)c1. The third-order valence-corrected chi connectivity index (χ3v) is 4.23. The summed E-state index contributed by atoms with van der Waals surface area (Å²) in [4.78, 5) is 22.8. The minimum atomic E-state index is -0.484. The number of hydrogen-bond acceptors (Lipinski definition) is 2. The smallest absolute Gasteiger partial charge is 0.318 e. The summed E-state index contributed by atoms with van der Waals surface area (Å²) >= 11 is 2.28. The third-order valence-electron chi connectivity index (χ3n) is 3.56. The van der Waals surface area contributed by atoms with Gasteiger partial charge in [0.05, 0.1) is 0 Å². The van der Waals surface area contributed by atoms with Gasteiger partial charge in [-0.25, -0.2) is 4.79 Å². The molecule has 0 atom stereocenters. The molecule has 0 bridgehead atoms. The lowest BCUT2D eigenvalue weighted by atomic mass is 10.2.